The molecule has 1 aromatic carbocycles. The lowest BCUT2D eigenvalue weighted by Crippen LogP contribution is -2.40. The third kappa shape index (κ3) is 4.51. The molecule has 0 saturated carbocycles. The van der Waals surface area contributed by atoms with E-state index in [1.807, 2.05) is 0 Å². The molecule has 3 N–H and O–H groups in total. The summed E-state index contributed by atoms with van der Waals surface area (Å²) in [4.78, 5) is 8.50. The molecule has 1 unspecified atom stereocenters. The standard InChI is InChI=1S/C21H28N4OS/c22-21(24-18-8-3-6-16-5-1-2-7-17(16)18)23-15-19(20-9-4-14-27-20)25-10-12-26-13-11-25/h3-4,6,8-9,14,19H,1-2,5,7,10-13,15H2,(H3,22,23,24). The quantitative estimate of drug-likeness (QED) is 0.612. The van der Waals surface area contributed by atoms with E-state index >= 15 is 0 Å². The van der Waals surface area contributed by atoms with Gasteiger partial charge in [-0.3, -0.25) is 9.89 Å². The number of rotatable bonds is 5. The van der Waals surface area contributed by atoms with Crippen molar-refractivity contribution < 1.29 is 4.74 Å². The van der Waals surface area contributed by atoms with Gasteiger partial charge in [-0.2, -0.15) is 0 Å². The number of anilines is 1. The molecule has 1 atom stereocenters. The number of fused-ring (bicyclic) bond motifs is 1. The van der Waals surface area contributed by atoms with Crippen LogP contribution in [0.2, 0.25) is 0 Å². The molecule has 4 rings (SSSR count). The fourth-order valence-electron chi connectivity index (χ4n) is 4.02. The van der Waals surface area contributed by atoms with Gasteiger partial charge in [0.25, 0.3) is 0 Å². The number of nitrogens with two attached hydrogens (primary N) is 1. The molecule has 1 aliphatic heterocycles. The number of nitrogens with one attached hydrogen (secondary N) is 1. The Hall–Kier alpha value is -1.89. The Labute approximate surface area is 165 Å². The van der Waals surface area contributed by atoms with Gasteiger partial charge in [0.05, 0.1) is 25.8 Å². The second-order valence-electron chi connectivity index (χ2n) is 7.18. The Morgan fingerprint density at radius 2 is 2.04 bits per heavy atom. The van der Waals surface area contributed by atoms with Gasteiger partial charge >= 0.3 is 0 Å². The molecule has 6 heteroatoms. The van der Waals surface area contributed by atoms with Crippen molar-refractivity contribution in [3.8, 4) is 0 Å². The summed E-state index contributed by atoms with van der Waals surface area (Å²) in [5, 5.41) is 5.49. The highest BCUT2D eigenvalue weighted by atomic mass is 32.1. The number of hydrogen-bond donors (Lipinski definition) is 2. The minimum absolute atomic E-state index is 0.263. The summed E-state index contributed by atoms with van der Waals surface area (Å²) in [5.41, 5.74) is 10.2. The number of hydrogen-bond acceptors (Lipinski definition) is 4. The summed E-state index contributed by atoms with van der Waals surface area (Å²) in [6.45, 7) is 4.12. The molecule has 0 spiro atoms. The van der Waals surface area contributed by atoms with Crippen LogP contribution in [0.4, 0.5) is 5.69 Å². The number of benzene rings is 1. The number of aryl methyl sites for hydroxylation is 1. The highest BCUT2D eigenvalue weighted by Crippen LogP contribution is 2.28. The smallest absolute Gasteiger partial charge is 0.193 e. The molecular formula is C21H28N4OS. The van der Waals surface area contributed by atoms with Crippen molar-refractivity contribution in [2.75, 3.05) is 38.2 Å². The average molecular weight is 385 g/mol. The first-order valence-corrected chi connectivity index (χ1v) is 10.7. The predicted molar refractivity (Wildman–Crippen MR) is 113 cm³/mol. The summed E-state index contributed by atoms with van der Waals surface area (Å²) in [6, 6.07) is 11.0. The number of ether oxygens (including phenoxy) is 1. The zero-order valence-corrected chi connectivity index (χ0v) is 16.5. The van der Waals surface area contributed by atoms with Crippen molar-refractivity contribution in [2.45, 2.75) is 31.7 Å². The molecule has 2 aliphatic rings. The number of aliphatic imine (C=N–C) groups is 1. The fraction of sp³-hybridized carbons (Fsp3) is 0.476. The molecule has 0 bridgehead atoms. The molecule has 1 fully saturated rings. The van der Waals surface area contributed by atoms with E-state index in [0.29, 0.717) is 12.5 Å². The average Bonchev–Trinajstić information content (AvgIpc) is 3.24. The van der Waals surface area contributed by atoms with Crippen LogP contribution in [0.5, 0.6) is 0 Å². The van der Waals surface area contributed by atoms with Crippen LogP contribution in [0, 0.1) is 0 Å². The zero-order valence-electron chi connectivity index (χ0n) is 15.7. The van der Waals surface area contributed by atoms with Crippen LogP contribution in [-0.2, 0) is 17.6 Å². The minimum Gasteiger partial charge on any atom is -0.379 e. The van der Waals surface area contributed by atoms with E-state index < -0.39 is 0 Å². The van der Waals surface area contributed by atoms with Gasteiger partial charge in [-0.25, -0.2) is 0 Å². The van der Waals surface area contributed by atoms with E-state index in [9.17, 15) is 0 Å². The van der Waals surface area contributed by atoms with Crippen LogP contribution >= 0.6 is 11.3 Å². The molecule has 0 radical (unpaired) electrons. The van der Waals surface area contributed by atoms with Crippen LogP contribution in [-0.4, -0.2) is 43.7 Å². The first-order valence-electron chi connectivity index (χ1n) is 9.84. The van der Waals surface area contributed by atoms with Crippen LogP contribution < -0.4 is 11.1 Å². The van der Waals surface area contributed by atoms with E-state index in [4.69, 9.17) is 15.5 Å². The van der Waals surface area contributed by atoms with E-state index in [1.165, 1.54) is 35.3 Å². The Morgan fingerprint density at radius 1 is 1.19 bits per heavy atom. The lowest BCUT2D eigenvalue weighted by Gasteiger charge is -2.33. The largest absolute Gasteiger partial charge is 0.379 e. The highest BCUT2D eigenvalue weighted by molar-refractivity contribution is 7.10. The van der Waals surface area contributed by atoms with E-state index in [0.717, 1.165) is 38.4 Å². The lowest BCUT2D eigenvalue weighted by atomic mass is 9.90. The summed E-state index contributed by atoms with van der Waals surface area (Å²) >= 11 is 1.79. The SMILES string of the molecule is NC(=NCC(c1cccs1)N1CCOCC1)Nc1cccc2c1CCCC2. The normalized spacial score (nSPS) is 19.5. The first-order chi connectivity index (χ1) is 13.3. The molecule has 2 aromatic rings. The van der Waals surface area contributed by atoms with Gasteiger partial charge in [-0.15, -0.1) is 11.3 Å². The maximum absolute atomic E-state index is 6.27. The molecule has 1 saturated heterocycles. The topological polar surface area (TPSA) is 62.9 Å². The van der Waals surface area contributed by atoms with Gasteiger partial charge in [0, 0.05) is 23.7 Å². The number of guanidine groups is 1. The monoisotopic (exact) mass is 384 g/mol. The minimum atomic E-state index is 0.263. The fourth-order valence-corrected chi connectivity index (χ4v) is 4.87. The number of morpholine rings is 1. The van der Waals surface area contributed by atoms with Crippen molar-refractivity contribution in [1.82, 2.24) is 4.90 Å². The van der Waals surface area contributed by atoms with Gasteiger partial charge in [0.2, 0.25) is 0 Å². The zero-order chi connectivity index (χ0) is 18.5. The van der Waals surface area contributed by atoms with Crippen LogP contribution in [0.15, 0.2) is 40.7 Å². The van der Waals surface area contributed by atoms with Gasteiger partial charge in [0.1, 0.15) is 0 Å². The highest BCUT2D eigenvalue weighted by Gasteiger charge is 2.23. The Morgan fingerprint density at radius 3 is 2.85 bits per heavy atom. The van der Waals surface area contributed by atoms with Crippen molar-refractivity contribution in [3.05, 3.63) is 51.7 Å². The maximum atomic E-state index is 6.27. The second kappa shape index (κ2) is 8.87. The van der Waals surface area contributed by atoms with Crippen LogP contribution in [0.1, 0.15) is 34.9 Å². The molecule has 144 valence electrons. The van der Waals surface area contributed by atoms with Crippen molar-refractivity contribution in [1.29, 1.82) is 0 Å². The second-order valence-corrected chi connectivity index (χ2v) is 8.16. The van der Waals surface area contributed by atoms with E-state index in [2.05, 4.69) is 45.9 Å². The van der Waals surface area contributed by atoms with E-state index in [1.54, 1.807) is 11.3 Å². The molecule has 1 aromatic heterocycles. The van der Waals surface area contributed by atoms with Gasteiger partial charge in [-0.1, -0.05) is 18.2 Å². The predicted octanol–water partition coefficient (Wildman–Crippen LogP) is 3.43. The van der Waals surface area contributed by atoms with Crippen molar-refractivity contribution in [3.63, 3.8) is 0 Å². The van der Waals surface area contributed by atoms with E-state index in [-0.39, 0.29) is 6.04 Å². The van der Waals surface area contributed by atoms with Crippen LogP contribution in [0.3, 0.4) is 0 Å². The van der Waals surface area contributed by atoms with Gasteiger partial charge in [0.15, 0.2) is 5.96 Å². The lowest BCUT2D eigenvalue weighted by molar-refractivity contribution is 0.0187. The summed E-state index contributed by atoms with van der Waals surface area (Å²) in [6.07, 6.45) is 4.82. The molecular weight excluding hydrogens is 356 g/mol. The van der Waals surface area contributed by atoms with Gasteiger partial charge < -0.3 is 15.8 Å². The first kappa shape index (κ1) is 18.5. The van der Waals surface area contributed by atoms with Crippen molar-refractivity contribution in [2.24, 2.45) is 10.7 Å². The molecule has 5 nitrogen and oxygen atoms in total. The Balaban J connectivity index is 1.47. The molecule has 0 amide bonds. The number of thiophene rings is 1. The Bertz CT molecular complexity index is 768. The maximum Gasteiger partial charge on any atom is 0.193 e. The Kier molecular flexibility index (Phi) is 6.07. The molecule has 2 heterocycles. The molecule has 27 heavy (non-hydrogen) atoms. The van der Waals surface area contributed by atoms with Gasteiger partial charge in [-0.05, 0) is 54.3 Å². The third-order valence-electron chi connectivity index (χ3n) is 5.45. The third-order valence-corrected chi connectivity index (χ3v) is 6.42. The van der Waals surface area contributed by atoms with Crippen molar-refractivity contribution >= 4 is 23.0 Å². The number of nitrogens with zero attached hydrogens (tertiary/aromatic N) is 2. The summed E-state index contributed by atoms with van der Waals surface area (Å²) < 4.78 is 5.51. The molecule has 1 aliphatic carbocycles. The summed E-state index contributed by atoms with van der Waals surface area (Å²) in [7, 11) is 0. The summed E-state index contributed by atoms with van der Waals surface area (Å²) in [5.74, 6) is 0.504. The van der Waals surface area contributed by atoms with Crippen LogP contribution in [0.25, 0.3) is 0 Å².